The molecule has 3 aromatic rings. The summed E-state index contributed by atoms with van der Waals surface area (Å²) >= 11 is -1.23. The molecule has 5 nitrogen and oxygen atoms in total. The number of nitrogens with zero attached hydrogens (tertiary/aromatic N) is 3. The van der Waals surface area contributed by atoms with E-state index < -0.39 is 11.2 Å². The summed E-state index contributed by atoms with van der Waals surface area (Å²) in [6.45, 7) is 6.10. The number of imidazole rings is 1. The van der Waals surface area contributed by atoms with Crippen LogP contribution in [0.5, 0.6) is 0 Å². The smallest absolute Gasteiger partial charge is 0.323 e. The molecule has 0 fully saturated rings. The fourth-order valence-electron chi connectivity index (χ4n) is 2.65. The predicted octanol–water partition coefficient (Wildman–Crippen LogP) is 3.11. The molecule has 0 spiro atoms. The lowest BCUT2D eigenvalue weighted by atomic mass is 10.2. The van der Waals surface area contributed by atoms with Gasteiger partial charge in [0, 0.05) is 41.7 Å². The molecule has 1 aromatic carbocycles. The highest BCUT2D eigenvalue weighted by atomic mass is 32.2. The van der Waals surface area contributed by atoms with Crippen molar-refractivity contribution >= 4 is 28.0 Å². The SMILES string of the molecule is CCN(CC)c1ccccc1C[S+]([O-])c1nc2ncccc2[nH]1. The van der Waals surface area contributed by atoms with Gasteiger partial charge < -0.3 is 9.45 Å². The van der Waals surface area contributed by atoms with Crippen LogP contribution in [0.15, 0.2) is 47.8 Å². The van der Waals surface area contributed by atoms with Crippen LogP contribution in [0.25, 0.3) is 11.2 Å². The minimum atomic E-state index is -1.23. The number of aromatic amines is 1. The van der Waals surface area contributed by atoms with E-state index in [1.54, 1.807) is 6.20 Å². The van der Waals surface area contributed by atoms with E-state index in [-0.39, 0.29) is 0 Å². The summed E-state index contributed by atoms with van der Waals surface area (Å²) < 4.78 is 12.7. The molecule has 0 aliphatic heterocycles. The second-order valence-corrected chi connectivity index (χ2v) is 6.57. The average Bonchev–Trinajstić information content (AvgIpc) is 3.02. The van der Waals surface area contributed by atoms with Crippen LogP contribution < -0.4 is 4.90 Å². The van der Waals surface area contributed by atoms with Gasteiger partial charge in [-0.2, -0.15) is 4.98 Å². The van der Waals surface area contributed by atoms with Crippen LogP contribution in [0.3, 0.4) is 0 Å². The summed E-state index contributed by atoms with van der Waals surface area (Å²) in [6.07, 6.45) is 1.69. The Balaban J connectivity index is 1.86. The van der Waals surface area contributed by atoms with Crippen molar-refractivity contribution in [3.05, 3.63) is 48.2 Å². The molecule has 0 bridgehead atoms. The number of hydrogen-bond acceptors (Lipinski definition) is 4. The maximum absolute atomic E-state index is 12.7. The van der Waals surface area contributed by atoms with E-state index in [1.807, 2.05) is 30.3 Å². The van der Waals surface area contributed by atoms with Gasteiger partial charge in [-0.3, -0.25) is 4.98 Å². The van der Waals surface area contributed by atoms with Crippen molar-refractivity contribution in [2.75, 3.05) is 18.0 Å². The fourth-order valence-corrected chi connectivity index (χ4v) is 3.72. The van der Waals surface area contributed by atoms with Crippen molar-refractivity contribution < 1.29 is 4.55 Å². The Bertz CT molecular complexity index is 752. The molecule has 0 aliphatic carbocycles. The lowest BCUT2D eigenvalue weighted by molar-refractivity contribution is 0.587. The Hall–Kier alpha value is -2.05. The van der Waals surface area contributed by atoms with Crippen molar-refractivity contribution in [2.45, 2.75) is 24.8 Å². The Kier molecular flexibility index (Phi) is 4.83. The van der Waals surface area contributed by atoms with E-state index in [9.17, 15) is 4.55 Å². The number of fused-ring (bicyclic) bond motifs is 1. The molecule has 23 heavy (non-hydrogen) atoms. The number of pyridine rings is 1. The zero-order valence-electron chi connectivity index (χ0n) is 13.3. The molecule has 3 rings (SSSR count). The number of nitrogens with one attached hydrogen (secondary N) is 1. The molecule has 0 saturated carbocycles. The normalized spacial score (nSPS) is 12.5. The summed E-state index contributed by atoms with van der Waals surface area (Å²) in [5, 5.41) is 0.480. The minimum absolute atomic E-state index is 0.437. The highest BCUT2D eigenvalue weighted by Gasteiger charge is 2.20. The van der Waals surface area contributed by atoms with Crippen LogP contribution in [-0.4, -0.2) is 32.6 Å². The van der Waals surface area contributed by atoms with E-state index in [1.165, 1.54) is 0 Å². The van der Waals surface area contributed by atoms with Crippen LogP contribution in [-0.2, 0) is 16.9 Å². The van der Waals surface area contributed by atoms with Crippen LogP contribution >= 0.6 is 0 Å². The van der Waals surface area contributed by atoms with E-state index in [2.05, 4.69) is 39.8 Å². The Labute approximate surface area is 138 Å². The second-order valence-electron chi connectivity index (χ2n) is 5.21. The standard InChI is InChI=1S/C17H20N4OS/c1-3-21(4-2)15-10-6-5-8-13(15)12-23(22)17-19-14-9-7-11-18-16(14)20-17/h5-11H,3-4,12H2,1-2H3,(H,18,19,20). The zero-order valence-corrected chi connectivity index (χ0v) is 14.1. The number of hydrogen-bond donors (Lipinski definition) is 1. The predicted molar refractivity (Wildman–Crippen MR) is 94.0 cm³/mol. The van der Waals surface area contributed by atoms with Crippen LogP contribution in [0.4, 0.5) is 5.69 Å². The lowest BCUT2D eigenvalue weighted by Crippen LogP contribution is -2.23. The molecule has 2 aromatic heterocycles. The van der Waals surface area contributed by atoms with Crippen molar-refractivity contribution in [3.63, 3.8) is 0 Å². The van der Waals surface area contributed by atoms with E-state index in [4.69, 9.17) is 0 Å². The first-order valence-electron chi connectivity index (χ1n) is 7.75. The van der Waals surface area contributed by atoms with Gasteiger partial charge in [-0.25, -0.2) is 4.98 Å². The molecule has 0 aliphatic rings. The third-order valence-corrected chi connectivity index (χ3v) is 5.03. The molecule has 0 radical (unpaired) electrons. The van der Waals surface area contributed by atoms with Gasteiger partial charge in [0.25, 0.3) is 0 Å². The third-order valence-electron chi connectivity index (χ3n) is 3.83. The molecular weight excluding hydrogens is 308 g/mol. The highest BCUT2D eigenvalue weighted by molar-refractivity contribution is 7.90. The molecule has 2 heterocycles. The minimum Gasteiger partial charge on any atom is -0.609 e. The average molecular weight is 328 g/mol. The van der Waals surface area contributed by atoms with Gasteiger partial charge in [0.1, 0.15) is 5.75 Å². The van der Waals surface area contributed by atoms with Crippen molar-refractivity contribution in [3.8, 4) is 0 Å². The van der Waals surface area contributed by atoms with Crippen LogP contribution in [0.1, 0.15) is 19.4 Å². The maximum atomic E-state index is 12.7. The number of H-pyrrole nitrogens is 1. The van der Waals surface area contributed by atoms with Gasteiger partial charge in [-0.15, -0.1) is 0 Å². The molecule has 1 atom stereocenters. The molecule has 120 valence electrons. The first-order chi connectivity index (χ1) is 11.2. The van der Waals surface area contributed by atoms with Gasteiger partial charge >= 0.3 is 5.16 Å². The van der Waals surface area contributed by atoms with Crippen LogP contribution in [0.2, 0.25) is 0 Å². The molecule has 0 amide bonds. The number of aromatic nitrogens is 3. The number of benzene rings is 1. The van der Waals surface area contributed by atoms with E-state index in [0.29, 0.717) is 16.6 Å². The topological polar surface area (TPSA) is 67.9 Å². The van der Waals surface area contributed by atoms with E-state index >= 15 is 0 Å². The summed E-state index contributed by atoms with van der Waals surface area (Å²) in [4.78, 5) is 13.9. The van der Waals surface area contributed by atoms with E-state index in [0.717, 1.165) is 29.9 Å². The molecule has 1 unspecified atom stereocenters. The van der Waals surface area contributed by atoms with Crippen molar-refractivity contribution in [1.29, 1.82) is 0 Å². The Morgan fingerprint density at radius 1 is 1.13 bits per heavy atom. The van der Waals surface area contributed by atoms with Gasteiger partial charge in [0.05, 0.1) is 5.52 Å². The van der Waals surface area contributed by atoms with Crippen molar-refractivity contribution in [1.82, 2.24) is 15.0 Å². The van der Waals surface area contributed by atoms with Gasteiger partial charge in [-0.1, -0.05) is 18.2 Å². The summed E-state index contributed by atoms with van der Waals surface area (Å²) in [7, 11) is 0. The first kappa shape index (κ1) is 15.8. The number of anilines is 1. The summed E-state index contributed by atoms with van der Waals surface area (Å²) in [5.41, 5.74) is 3.63. The largest absolute Gasteiger partial charge is 0.609 e. The fraction of sp³-hybridized carbons (Fsp3) is 0.294. The Morgan fingerprint density at radius 3 is 2.65 bits per heavy atom. The molecule has 1 N–H and O–H groups in total. The first-order valence-corrected chi connectivity index (χ1v) is 9.06. The lowest BCUT2D eigenvalue weighted by Gasteiger charge is -2.24. The Morgan fingerprint density at radius 2 is 1.91 bits per heavy atom. The number of rotatable bonds is 6. The quantitative estimate of drug-likeness (QED) is 0.706. The molecular formula is C17H20N4OS. The van der Waals surface area contributed by atoms with Gasteiger partial charge in [0.2, 0.25) is 0 Å². The highest BCUT2D eigenvalue weighted by Crippen LogP contribution is 2.25. The molecule has 6 heteroatoms. The summed E-state index contributed by atoms with van der Waals surface area (Å²) in [5.74, 6) is 0.437. The van der Waals surface area contributed by atoms with Crippen LogP contribution in [0, 0.1) is 0 Å². The third kappa shape index (κ3) is 3.33. The number of para-hydroxylation sites is 1. The molecule has 0 saturated heterocycles. The maximum Gasteiger partial charge on any atom is 0.323 e. The zero-order chi connectivity index (χ0) is 16.2. The van der Waals surface area contributed by atoms with Crippen molar-refractivity contribution in [2.24, 2.45) is 0 Å². The van der Waals surface area contributed by atoms with Gasteiger partial charge in [0.15, 0.2) is 5.65 Å². The monoisotopic (exact) mass is 328 g/mol. The second kappa shape index (κ2) is 7.02. The summed E-state index contributed by atoms with van der Waals surface area (Å²) in [6, 6.07) is 11.8. The van der Waals surface area contributed by atoms with Gasteiger partial charge in [-0.05, 0) is 32.0 Å².